The maximum atomic E-state index is 10.2. The number of rotatable bonds is 4. The van der Waals surface area contributed by atoms with Crippen LogP contribution in [0.5, 0.6) is 0 Å². The van der Waals surface area contributed by atoms with Gasteiger partial charge in [0.1, 0.15) is 5.82 Å². The second-order valence-corrected chi connectivity index (χ2v) is 3.81. The predicted octanol–water partition coefficient (Wildman–Crippen LogP) is 1.11. The molecule has 5 heteroatoms. The van der Waals surface area contributed by atoms with Crippen molar-refractivity contribution in [3.8, 4) is 0 Å². The second kappa shape index (κ2) is 4.49. The normalized spacial score (nSPS) is 12.9. The van der Waals surface area contributed by atoms with Crippen molar-refractivity contribution in [2.75, 3.05) is 0 Å². The summed E-state index contributed by atoms with van der Waals surface area (Å²) in [4.78, 5) is 8.20. The van der Waals surface area contributed by atoms with E-state index in [9.17, 15) is 5.11 Å². The van der Waals surface area contributed by atoms with E-state index < -0.39 is 6.10 Å². The first-order valence-corrected chi connectivity index (χ1v) is 5.39. The van der Waals surface area contributed by atoms with Crippen LogP contribution in [0.1, 0.15) is 31.0 Å². The van der Waals surface area contributed by atoms with E-state index in [0.29, 0.717) is 5.82 Å². The maximum absolute atomic E-state index is 10.2. The minimum atomic E-state index is -0.714. The Labute approximate surface area is 94.4 Å². The Bertz CT molecular complexity index is 460. The lowest BCUT2D eigenvalue weighted by Crippen LogP contribution is -2.12. The lowest BCUT2D eigenvalue weighted by Gasteiger charge is -2.13. The third-order valence-corrected chi connectivity index (χ3v) is 2.59. The van der Waals surface area contributed by atoms with Crippen molar-refractivity contribution in [2.45, 2.75) is 26.0 Å². The molecule has 86 valence electrons. The van der Waals surface area contributed by atoms with Gasteiger partial charge in [0.05, 0.1) is 18.2 Å². The van der Waals surface area contributed by atoms with Gasteiger partial charge in [-0.3, -0.25) is 0 Å². The number of hydrogen-bond donors (Lipinski definition) is 1. The van der Waals surface area contributed by atoms with Crippen LogP contribution in [-0.2, 0) is 13.6 Å². The van der Waals surface area contributed by atoms with Crippen LogP contribution in [0.4, 0.5) is 0 Å². The summed E-state index contributed by atoms with van der Waals surface area (Å²) in [6, 6.07) is 0. The molecule has 0 radical (unpaired) electrons. The lowest BCUT2D eigenvalue weighted by atomic mass is 10.2. The molecular weight excluding hydrogens is 204 g/mol. The average Bonchev–Trinajstić information content (AvgIpc) is 2.87. The quantitative estimate of drug-likeness (QED) is 0.839. The first kappa shape index (κ1) is 10.9. The Morgan fingerprint density at radius 2 is 2.31 bits per heavy atom. The molecule has 0 spiro atoms. The van der Waals surface area contributed by atoms with Gasteiger partial charge in [-0.2, -0.15) is 0 Å². The molecular formula is C11H16N4O. The van der Waals surface area contributed by atoms with Crippen LogP contribution in [0.2, 0.25) is 0 Å². The summed E-state index contributed by atoms with van der Waals surface area (Å²) in [6.07, 6.45) is 7.24. The molecule has 16 heavy (non-hydrogen) atoms. The average molecular weight is 220 g/mol. The highest BCUT2D eigenvalue weighted by molar-refractivity contribution is 5.13. The van der Waals surface area contributed by atoms with Crippen molar-refractivity contribution < 1.29 is 5.11 Å². The van der Waals surface area contributed by atoms with Gasteiger partial charge in [-0.05, 0) is 6.42 Å². The van der Waals surface area contributed by atoms with Crippen molar-refractivity contribution in [1.82, 2.24) is 19.1 Å². The lowest BCUT2D eigenvalue weighted by molar-refractivity contribution is 0.196. The summed E-state index contributed by atoms with van der Waals surface area (Å²) in [5, 5.41) is 10.2. The van der Waals surface area contributed by atoms with E-state index in [1.54, 1.807) is 23.3 Å². The smallest absolute Gasteiger partial charge is 0.153 e. The third kappa shape index (κ3) is 1.86. The van der Waals surface area contributed by atoms with Gasteiger partial charge in [0, 0.05) is 26.0 Å². The summed E-state index contributed by atoms with van der Waals surface area (Å²) in [7, 11) is 1.86. The summed E-state index contributed by atoms with van der Waals surface area (Å²) < 4.78 is 3.77. The standard InChI is InChI=1S/C11H16N4O/c1-3-5-15-6-4-13-11(15)10(16)9-7-12-8-14(9)2/h4,6-8,10,16H,3,5H2,1-2H3. The first-order valence-electron chi connectivity index (χ1n) is 5.39. The Morgan fingerprint density at radius 1 is 1.50 bits per heavy atom. The number of hydrogen-bond acceptors (Lipinski definition) is 3. The molecule has 0 aliphatic rings. The van der Waals surface area contributed by atoms with E-state index in [-0.39, 0.29) is 0 Å². The zero-order valence-electron chi connectivity index (χ0n) is 9.54. The molecule has 0 saturated carbocycles. The zero-order valence-corrected chi connectivity index (χ0v) is 9.54. The minimum Gasteiger partial charge on any atom is -0.379 e. The summed E-state index contributed by atoms with van der Waals surface area (Å²) in [5.41, 5.74) is 0.753. The van der Waals surface area contributed by atoms with Crippen molar-refractivity contribution in [3.63, 3.8) is 0 Å². The molecule has 0 bridgehead atoms. The number of aryl methyl sites for hydroxylation is 2. The largest absolute Gasteiger partial charge is 0.379 e. The Kier molecular flexibility index (Phi) is 3.05. The van der Waals surface area contributed by atoms with Crippen molar-refractivity contribution >= 4 is 0 Å². The molecule has 5 nitrogen and oxygen atoms in total. The number of imidazole rings is 2. The Balaban J connectivity index is 2.30. The molecule has 2 aromatic rings. The fourth-order valence-electron chi connectivity index (χ4n) is 1.76. The van der Waals surface area contributed by atoms with Gasteiger partial charge in [-0.1, -0.05) is 6.92 Å². The van der Waals surface area contributed by atoms with Crippen LogP contribution >= 0.6 is 0 Å². The molecule has 2 heterocycles. The van der Waals surface area contributed by atoms with Gasteiger partial charge in [-0.25, -0.2) is 9.97 Å². The molecule has 1 unspecified atom stereocenters. The van der Waals surface area contributed by atoms with Crippen molar-refractivity contribution in [3.05, 3.63) is 36.4 Å². The van der Waals surface area contributed by atoms with Crippen LogP contribution in [0, 0.1) is 0 Å². The van der Waals surface area contributed by atoms with E-state index in [1.165, 1.54) is 0 Å². The highest BCUT2D eigenvalue weighted by Gasteiger charge is 2.18. The molecule has 1 atom stereocenters. The second-order valence-electron chi connectivity index (χ2n) is 3.81. The van der Waals surface area contributed by atoms with Crippen LogP contribution in [0.15, 0.2) is 24.9 Å². The molecule has 1 N–H and O–H groups in total. The van der Waals surface area contributed by atoms with Gasteiger partial charge in [-0.15, -0.1) is 0 Å². The fourth-order valence-corrected chi connectivity index (χ4v) is 1.76. The molecule has 0 saturated heterocycles. The summed E-state index contributed by atoms with van der Waals surface area (Å²) >= 11 is 0. The SMILES string of the molecule is CCCn1ccnc1C(O)c1cncn1C. The van der Waals surface area contributed by atoms with Crippen LogP contribution in [-0.4, -0.2) is 24.2 Å². The maximum Gasteiger partial charge on any atom is 0.153 e. The van der Waals surface area contributed by atoms with Gasteiger partial charge in [0.15, 0.2) is 6.10 Å². The Morgan fingerprint density at radius 3 is 2.94 bits per heavy atom. The van der Waals surface area contributed by atoms with E-state index in [0.717, 1.165) is 18.7 Å². The van der Waals surface area contributed by atoms with Crippen molar-refractivity contribution in [1.29, 1.82) is 0 Å². The molecule has 0 amide bonds. The molecule has 0 aliphatic carbocycles. The van der Waals surface area contributed by atoms with Crippen LogP contribution in [0.3, 0.4) is 0 Å². The first-order chi connectivity index (χ1) is 7.74. The summed E-state index contributed by atoms with van der Waals surface area (Å²) in [6.45, 7) is 2.96. The van der Waals surface area contributed by atoms with Crippen LogP contribution in [0.25, 0.3) is 0 Å². The van der Waals surface area contributed by atoms with Gasteiger partial charge >= 0.3 is 0 Å². The van der Waals surface area contributed by atoms with Gasteiger partial charge in [0.2, 0.25) is 0 Å². The summed E-state index contributed by atoms with van der Waals surface area (Å²) in [5.74, 6) is 0.672. The fraction of sp³-hybridized carbons (Fsp3) is 0.455. The van der Waals surface area contributed by atoms with Gasteiger partial charge in [0.25, 0.3) is 0 Å². The third-order valence-electron chi connectivity index (χ3n) is 2.59. The predicted molar refractivity (Wildman–Crippen MR) is 59.8 cm³/mol. The highest BCUT2D eigenvalue weighted by Crippen LogP contribution is 2.19. The molecule has 0 aliphatic heterocycles. The number of aliphatic hydroxyl groups excluding tert-OH is 1. The molecule has 2 aromatic heterocycles. The monoisotopic (exact) mass is 220 g/mol. The molecule has 0 fully saturated rings. The number of aromatic nitrogens is 4. The van der Waals surface area contributed by atoms with Crippen molar-refractivity contribution in [2.24, 2.45) is 7.05 Å². The van der Waals surface area contributed by atoms with Crippen LogP contribution < -0.4 is 0 Å². The molecule has 2 rings (SSSR count). The number of nitrogens with zero attached hydrogens (tertiary/aromatic N) is 4. The highest BCUT2D eigenvalue weighted by atomic mass is 16.3. The van der Waals surface area contributed by atoms with E-state index in [2.05, 4.69) is 16.9 Å². The topological polar surface area (TPSA) is 55.9 Å². The minimum absolute atomic E-state index is 0.672. The zero-order chi connectivity index (χ0) is 11.5. The van der Waals surface area contributed by atoms with E-state index in [1.807, 2.05) is 17.8 Å². The molecule has 0 aromatic carbocycles. The van der Waals surface area contributed by atoms with E-state index >= 15 is 0 Å². The Hall–Kier alpha value is -1.62. The van der Waals surface area contributed by atoms with Gasteiger partial charge < -0.3 is 14.2 Å². The van der Waals surface area contributed by atoms with E-state index in [4.69, 9.17) is 0 Å². The number of aliphatic hydroxyl groups is 1.